The second-order valence-electron chi connectivity index (χ2n) is 7.64. The van der Waals surface area contributed by atoms with Gasteiger partial charge in [0.2, 0.25) is 0 Å². The van der Waals surface area contributed by atoms with Crippen LogP contribution in [0.15, 0.2) is 12.1 Å². The first-order valence-corrected chi connectivity index (χ1v) is 8.91. The number of anilines is 1. The van der Waals surface area contributed by atoms with Gasteiger partial charge >= 0.3 is 12.2 Å². The largest absolute Gasteiger partial charge is 0.480 e. The highest BCUT2D eigenvalue weighted by molar-refractivity contribution is 5.94. The minimum absolute atomic E-state index is 0.0370. The monoisotopic (exact) mass is 394 g/mol. The van der Waals surface area contributed by atoms with Crippen LogP contribution in [0.3, 0.4) is 0 Å². The maximum absolute atomic E-state index is 11.7. The molecular weight excluding hydrogens is 368 g/mol. The average molecular weight is 394 g/mol. The van der Waals surface area contributed by atoms with E-state index in [1.807, 2.05) is 6.92 Å². The summed E-state index contributed by atoms with van der Waals surface area (Å²) in [5.41, 5.74) is -0.128. The summed E-state index contributed by atoms with van der Waals surface area (Å²) in [5, 5.41) is 14.7. The zero-order chi connectivity index (χ0) is 20.9. The van der Waals surface area contributed by atoms with Gasteiger partial charge < -0.3 is 30.1 Å². The first-order chi connectivity index (χ1) is 13.0. The number of carbonyl (C=O) groups excluding carboxylic acids is 2. The molecule has 2 rings (SSSR count). The molecular formula is C18H26N4O6. The van der Waals surface area contributed by atoms with Crippen molar-refractivity contribution in [2.45, 2.75) is 39.8 Å². The normalized spacial score (nSPS) is 14.2. The van der Waals surface area contributed by atoms with Gasteiger partial charge in [0.05, 0.1) is 12.2 Å². The Morgan fingerprint density at radius 3 is 2.79 bits per heavy atom. The van der Waals surface area contributed by atoms with Crippen molar-refractivity contribution in [1.29, 1.82) is 0 Å². The smallest absolute Gasteiger partial charge is 0.407 e. The molecule has 3 N–H and O–H groups in total. The van der Waals surface area contributed by atoms with Crippen molar-refractivity contribution in [3.8, 4) is 5.75 Å². The molecule has 28 heavy (non-hydrogen) atoms. The minimum atomic E-state index is -1.11. The summed E-state index contributed by atoms with van der Waals surface area (Å²) in [4.78, 5) is 40.2. The first kappa shape index (κ1) is 21.3. The number of hydrogen-bond donors (Lipinski definition) is 3. The first-order valence-electron chi connectivity index (χ1n) is 8.91. The highest BCUT2D eigenvalue weighted by atomic mass is 16.6. The van der Waals surface area contributed by atoms with Crippen LogP contribution in [-0.2, 0) is 16.1 Å². The van der Waals surface area contributed by atoms with E-state index in [1.165, 1.54) is 4.90 Å². The number of rotatable bonds is 6. The van der Waals surface area contributed by atoms with Gasteiger partial charge in [0.15, 0.2) is 18.2 Å². The Hall–Kier alpha value is -3.04. The molecule has 154 valence electrons. The Bertz CT molecular complexity index is 746. The number of carboxylic acid groups (broad SMARTS) is 1. The molecule has 1 aromatic rings. The van der Waals surface area contributed by atoms with E-state index in [2.05, 4.69) is 15.6 Å². The van der Waals surface area contributed by atoms with Crippen molar-refractivity contribution in [2.75, 3.05) is 25.0 Å². The molecule has 1 aliphatic heterocycles. The SMILES string of the molecule is CC(CNC(=O)OC(C)(C)C)CN(Cc1ccc2c(n1)NC(=O)CO2)C(=O)O. The van der Waals surface area contributed by atoms with Crippen molar-refractivity contribution in [3.63, 3.8) is 0 Å². The Morgan fingerprint density at radius 1 is 1.43 bits per heavy atom. The molecule has 0 spiro atoms. The molecule has 1 aliphatic rings. The Balaban J connectivity index is 1.93. The third-order valence-corrected chi connectivity index (χ3v) is 3.68. The topological polar surface area (TPSA) is 130 Å². The number of aromatic nitrogens is 1. The molecule has 3 amide bonds. The molecule has 2 heterocycles. The second kappa shape index (κ2) is 8.77. The number of ether oxygens (including phenoxy) is 2. The molecule has 10 nitrogen and oxygen atoms in total. The van der Waals surface area contributed by atoms with Gasteiger partial charge in [-0.2, -0.15) is 0 Å². The molecule has 1 aromatic heterocycles. The van der Waals surface area contributed by atoms with E-state index in [-0.39, 0.29) is 43.9 Å². The molecule has 0 aromatic carbocycles. The van der Waals surface area contributed by atoms with Crippen molar-refractivity contribution in [1.82, 2.24) is 15.2 Å². The number of nitrogens with one attached hydrogen (secondary N) is 2. The summed E-state index contributed by atoms with van der Waals surface area (Å²) in [6.07, 6.45) is -1.66. The third-order valence-electron chi connectivity index (χ3n) is 3.68. The fraction of sp³-hybridized carbons (Fsp3) is 0.556. The van der Waals surface area contributed by atoms with Gasteiger partial charge in [-0.3, -0.25) is 4.79 Å². The fourth-order valence-electron chi connectivity index (χ4n) is 2.51. The van der Waals surface area contributed by atoms with Crippen LogP contribution in [0.25, 0.3) is 0 Å². The van der Waals surface area contributed by atoms with Gasteiger partial charge in [-0.25, -0.2) is 14.6 Å². The van der Waals surface area contributed by atoms with Crippen LogP contribution in [0.2, 0.25) is 0 Å². The molecule has 0 saturated carbocycles. The fourth-order valence-corrected chi connectivity index (χ4v) is 2.51. The van der Waals surface area contributed by atoms with E-state index in [1.54, 1.807) is 32.9 Å². The summed E-state index contributed by atoms with van der Waals surface area (Å²) in [7, 11) is 0. The number of alkyl carbamates (subject to hydrolysis) is 1. The molecule has 0 radical (unpaired) electrons. The number of nitrogens with zero attached hydrogens (tertiary/aromatic N) is 2. The maximum atomic E-state index is 11.7. The average Bonchev–Trinajstić information content (AvgIpc) is 2.57. The number of amides is 3. The highest BCUT2D eigenvalue weighted by Gasteiger charge is 2.21. The Morgan fingerprint density at radius 2 is 2.14 bits per heavy atom. The van der Waals surface area contributed by atoms with Crippen molar-refractivity contribution >= 4 is 23.9 Å². The van der Waals surface area contributed by atoms with Gasteiger partial charge in [-0.05, 0) is 38.8 Å². The van der Waals surface area contributed by atoms with E-state index in [0.717, 1.165) is 0 Å². The van der Waals surface area contributed by atoms with Crippen molar-refractivity contribution in [2.24, 2.45) is 5.92 Å². The lowest BCUT2D eigenvalue weighted by Gasteiger charge is -2.25. The zero-order valence-corrected chi connectivity index (χ0v) is 16.4. The molecule has 0 fully saturated rings. The van der Waals surface area contributed by atoms with E-state index in [0.29, 0.717) is 11.4 Å². The number of pyridine rings is 1. The number of hydrogen-bond acceptors (Lipinski definition) is 6. The van der Waals surface area contributed by atoms with E-state index < -0.39 is 17.8 Å². The van der Waals surface area contributed by atoms with Crippen LogP contribution < -0.4 is 15.4 Å². The standard InChI is InChI=1S/C18H26N4O6/c1-11(7-19-16(24)28-18(2,3)4)8-22(17(25)26)9-12-5-6-13-15(20-12)21-14(23)10-27-13/h5-6,11H,7-10H2,1-4H3,(H,19,24)(H,25,26)(H,20,21,23). The van der Waals surface area contributed by atoms with Gasteiger partial charge in [0.25, 0.3) is 5.91 Å². The van der Waals surface area contributed by atoms with Gasteiger partial charge in [-0.1, -0.05) is 6.92 Å². The lowest BCUT2D eigenvalue weighted by atomic mass is 10.1. The molecule has 10 heteroatoms. The van der Waals surface area contributed by atoms with E-state index >= 15 is 0 Å². The van der Waals surface area contributed by atoms with Crippen molar-refractivity contribution in [3.05, 3.63) is 17.8 Å². The Kier molecular flexibility index (Phi) is 6.66. The van der Waals surface area contributed by atoms with Gasteiger partial charge in [0.1, 0.15) is 5.60 Å². The van der Waals surface area contributed by atoms with Crippen molar-refractivity contribution < 1.29 is 29.0 Å². The van der Waals surface area contributed by atoms with Crippen LogP contribution in [0, 0.1) is 5.92 Å². The lowest BCUT2D eigenvalue weighted by Crippen LogP contribution is -2.39. The van der Waals surface area contributed by atoms with Gasteiger partial charge in [0, 0.05) is 13.1 Å². The third kappa shape index (κ3) is 6.60. The minimum Gasteiger partial charge on any atom is -0.480 e. The molecule has 1 unspecified atom stereocenters. The number of fused-ring (bicyclic) bond motifs is 1. The van der Waals surface area contributed by atoms with Crippen LogP contribution in [0.1, 0.15) is 33.4 Å². The highest BCUT2D eigenvalue weighted by Crippen LogP contribution is 2.25. The molecule has 0 bridgehead atoms. The summed E-state index contributed by atoms with van der Waals surface area (Å²) in [5.74, 6) is 0.261. The maximum Gasteiger partial charge on any atom is 0.407 e. The van der Waals surface area contributed by atoms with Crippen LogP contribution in [0.4, 0.5) is 15.4 Å². The lowest BCUT2D eigenvalue weighted by molar-refractivity contribution is -0.118. The quantitative estimate of drug-likeness (QED) is 0.673. The summed E-state index contributed by atoms with van der Waals surface area (Å²) >= 11 is 0. The molecule has 0 saturated heterocycles. The van der Waals surface area contributed by atoms with Gasteiger partial charge in [-0.15, -0.1) is 0 Å². The second-order valence-corrected chi connectivity index (χ2v) is 7.64. The van der Waals surface area contributed by atoms with Crippen LogP contribution in [0.5, 0.6) is 5.75 Å². The van der Waals surface area contributed by atoms with E-state index in [4.69, 9.17) is 9.47 Å². The Labute approximate surface area is 163 Å². The predicted octanol–water partition coefficient (Wildman–Crippen LogP) is 2.05. The van der Waals surface area contributed by atoms with Crippen LogP contribution >= 0.6 is 0 Å². The molecule has 1 atom stereocenters. The summed E-state index contributed by atoms with van der Waals surface area (Å²) in [6, 6.07) is 3.29. The van der Waals surface area contributed by atoms with Crippen LogP contribution in [-0.4, -0.2) is 58.4 Å². The zero-order valence-electron chi connectivity index (χ0n) is 16.4. The molecule has 0 aliphatic carbocycles. The summed E-state index contributed by atoms with van der Waals surface area (Å²) in [6.45, 7) is 7.53. The number of carbonyl (C=O) groups is 3. The van der Waals surface area contributed by atoms with E-state index in [9.17, 15) is 19.5 Å². The summed E-state index contributed by atoms with van der Waals surface area (Å²) < 4.78 is 10.4. The predicted molar refractivity (Wildman–Crippen MR) is 100 cm³/mol.